The Kier molecular flexibility index (Phi) is 3.15. The molecular weight excluding hydrogens is 248 g/mol. The second-order valence-electron chi connectivity index (χ2n) is 4.02. The van der Waals surface area contributed by atoms with E-state index < -0.39 is 0 Å². The Bertz CT molecular complexity index is 547. The lowest BCUT2D eigenvalue weighted by Crippen LogP contribution is -2.41. The number of morpholine rings is 1. The second-order valence-corrected chi connectivity index (χ2v) is 4.02. The van der Waals surface area contributed by atoms with Crippen LogP contribution in [0.25, 0.3) is 5.82 Å². The van der Waals surface area contributed by atoms with Crippen LogP contribution in [0.3, 0.4) is 0 Å². The van der Waals surface area contributed by atoms with Gasteiger partial charge in [-0.05, 0) is 12.1 Å². The molecule has 19 heavy (non-hydrogen) atoms. The Hall–Kier alpha value is -2.35. The highest BCUT2D eigenvalue weighted by atomic mass is 16.5. The maximum atomic E-state index is 12.1. The lowest BCUT2D eigenvalue weighted by atomic mass is 10.3. The van der Waals surface area contributed by atoms with Crippen LogP contribution in [0.4, 0.5) is 0 Å². The van der Waals surface area contributed by atoms with E-state index in [1.54, 1.807) is 17.0 Å². The zero-order valence-corrected chi connectivity index (χ0v) is 10.1. The zero-order valence-electron chi connectivity index (χ0n) is 10.1. The average molecular weight is 260 g/mol. The molecule has 0 aliphatic carbocycles. The van der Waals surface area contributed by atoms with Crippen LogP contribution in [-0.4, -0.2) is 62.1 Å². The van der Waals surface area contributed by atoms with Crippen molar-refractivity contribution in [1.29, 1.82) is 0 Å². The summed E-state index contributed by atoms with van der Waals surface area (Å²) in [5, 5.41) is 11.8. The first-order valence-corrected chi connectivity index (χ1v) is 5.90. The molecule has 0 unspecified atom stereocenters. The van der Waals surface area contributed by atoms with Gasteiger partial charge >= 0.3 is 0 Å². The van der Waals surface area contributed by atoms with Gasteiger partial charge in [0.2, 0.25) is 0 Å². The topological polar surface area (TPSA) is 86.0 Å². The van der Waals surface area contributed by atoms with Gasteiger partial charge < -0.3 is 9.64 Å². The van der Waals surface area contributed by atoms with E-state index >= 15 is 0 Å². The number of nitrogens with zero attached hydrogens (tertiary/aromatic N) is 6. The van der Waals surface area contributed by atoms with Gasteiger partial charge in [-0.25, -0.2) is 9.67 Å². The van der Waals surface area contributed by atoms with E-state index in [1.807, 2.05) is 0 Å². The largest absolute Gasteiger partial charge is 0.378 e. The molecule has 1 amide bonds. The van der Waals surface area contributed by atoms with Crippen LogP contribution < -0.4 is 0 Å². The van der Waals surface area contributed by atoms with Gasteiger partial charge in [0.25, 0.3) is 5.91 Å². The van der Waals surface area contributed by atoms with Crippen molar-refractivity contribution in [3.05, 3.63) is 30.5 Å². The van der Waals surface area contributed by atoms with Crippen LogP contribution in [-0.2, 0) is 4.74 Å². The van der Waals surface area contributed by atoms with E-state index in [0.717, 1.165) is 0 Å². The summed E-state index contributed by atoms with van der Waals surface area (Å²) in [4.78, 5) is 17.7. The minimum atomic E-state index is -0.124. The third kappa shape index (κ3) is 2.43. The van der Waals surface area contributed by atoms with Crippen molar-refractivity contribution >= 4 is 5.91 Å². The molecule has 1 aliphatic heterocycles. The number of ether oxygens (including phenoxy) is 1. The summed E-state index contributed by atoms with van der Waals surface area (Å²) in [6.45, 7) is 2.31. The monoisotopic (exact) mass is 260 g/mol. The van der Waals surface area contributed by atoms with Crippen molar-refractivity contribution < 1.29 is 9.53 Å². The number of hydrogen-bond acceptors (Lipinski definition) is 6. The average Bonchev–Trinajstić information content (AvgIpc) is 3.02. The second kappa shape index (κ2) is 5.11. The molecule has 0 bridgehead atoms. The predicted octanol–water partition coefficient (Wildman–Crippen LogP) is -0.470. The standard InChI is InChI=1S/C11H12N6O2/c18-11(16-3-5-19-6-4-16)9-1-2-10(15-14-9)17-8-12-7-13-17/h1-2,7-8H,3-6H2. The molecule has 0 saturated carbocycles. The minimum absolute atomic E-state index is 0.124. The van der Waals surface area contributed by atoms with Crippen LogP contribution in [0.5, 0.6) is 0 Å². The smallest absolute Gasteiger partial charge is 0.274 e. The van der Waals surface area contributed by atoms with Crippen LogP contribution in [0.1, 0.15) is 10.5 Å². The van der Waals surface area contributed by atoms with E-state index in [0.29, 0.717) is 37.8 Å². The summed E-state index contributed by atoms with van der Waals surface area (Å²) in [6, 6.07) is 3.33. The first-order valence-electron chi connectivity index (χ1n) is 5.90. The van der Waals surface area contributed by atoms with E-state index in [-0.39, 0.29) is 5.91 Å². The SMILES string of the molecule is O=C(c1ccc(-n2cncn2)nn1)N1CCOCC1. The van der Waals surface area contributed by atoms with Gasteiger partial charge in [-0.15, -0.1) is 10.2 Å². The fourth-order valence-electron chi connectivity index (χ4n) is 1.82. The zero-order chi connectivity index (χ0) is 13.1. The third-order valence-electron chi connectivity index (χ3n) is 2.82. The molecule has 98 valence electrons. The van der Waals surface area contributed by atoms with E-state index in [4.69, 9.17) is 4.74 Å². The highest BCUT2D eigenvalue weighted by molar-refractivity contribution is 5.92. The lowest BCUT2D eigenvalue weighted by molar-refractivity contribution is 0.0298. The Morgan fingerprint density at radius 3 is 2.68 bits per heavy atom. The number of amides is 1. The first kappa shape index (κ1) is 11.7. The first-order chi connectivity index (χ1) is 9.34. The van der Waals surface area contributed by atoms with Gasteiger partial charge in [-0.1, -0.05) is 0 Å². The Morgan fingerprint density at radius 2 is 2.05 bits per heavy atom. The normalized spacial score (nSPS) is 15.5. The molecule has 3 heterocycles. The number of carbonyl (C=O) groups excluding carboxylic acids is 1. The van der Waals surface area contributed by atoms with Gasteiger partial charge in [0.1, 0.15) is 12.7 Å². The fourth-order valence-corrected chi connectivity index (χ4v) is 1.82. The van der Waals surface area contributed by atoms with Gasteiger partial charge in [0.05, 0.1) is 13.2 Å². The van der Waals surface area contributed by atoms with E-state index in [2.05, 4.69) is 20.3 Å². The number of carbonyl (C=O) groups is 1. The molecule has 0 atom stereocenters. The van der Waals surface area contributed by atoms with Crippen molar-refractivity contribution in [3.63, 3.8) is 0 Å². The molecule has 0 radical (unpaired) electrons. The van der Waals surface area contributed by atoms with Crippen molar-refractivity contribution in [2.75, 3.05) is 26.3 Å². The van der Waals surface area contributed by atoms with Crippen LogP contribution >= 0.6 is 0 Å². The fraction of sp³-hybridized carbons (Fsp3) is 0.364. The molecule has 3 rings (SSSR count). The summed E-state index contributed by atoms with van der Waals surface area (Å²) < 4.78 is 6.69. The van der Waals surface area contributed by atoms with Crippen LogP contribution in [0.15, 0.2) is 24.8 Å². The lowest BCUT2D eigenvalue weighted by Gasteiger charge is -2.26. The summed E-state index contributed by atoms with van der Waals surface area (Å²) in [5.41, 5.74) is 0.325. The maximum absolute atomic E-state index is 12.1. The number of hydrogen-bond donors (Lipinski definition) is 0. The molecule has 0 spiro atoms. The number of rotatable bonds is 2. The highest BCUT2D eigenvalue weighted by Gasteiger charge is 2.19. The number of aromatic nitrogens is 5. The van der Waals surface area contributed by atoms with Crippen LogP contribution in [0.2, 0.25) is 0 Å². The molecule has 8 nitrogen and oxygen atoms in total. The molecule has 0 aromatic carbocycles. The van der Waals surface area contributed by atoms with E-state index in [1.165, 1.54) is 17.3 Å². The Balaban J connectivity index is 1.76. The van der Waals surface area contributed by atoms with Crippen molar-refractivity contribution in [2.24, 2.45) is 0 Å². The molecule has 0 N–H and O–H groups in total. The van der Waals surface area contributed by atoms with Gasteiger partial charge in [-0.3, -0.25) is 4.79 Å². The molecule has 1 fully saturated rings. The molecule has 2 aromatic heterocycles. The maximum Gasteiger partial charge on any atom is 0.274 e. The minimum Gasteiger partial charge on any atom is -0.378 e. The van der Waals surface area contributed by atoms with Gasteiger partial charge in [-0.2, -0.15) is 5.10 Å². The summed E-state index contributed by atoms with van der Waals surface area (Å²) in [5.74, 6) is 0.400. The van der Waals surface area contributed by atoms with Gasteiger partial charge in [0.15, 0.2) is 11.5 Å². The van der Waals surface area contributed by atoms with Crippen molar-refractivity contribution in [3.8, 4) is 5.82 Å². The predicted molar refractivity (Wildman–Crippen MR) is 63.7 cm³/mol. The highest BCUT2D eigenvalue weighted by Crippen LogP contribution is 2.06. The molecule has 2 aromatic rings. The quantitative estimate of drug-likeness (QED) is 0.725. The summed E-state index contributed by atoms with van der Waals surface area (Å²) in [6.07, 6.45) is 2.93. The van der Waals surface area contributed by atoms with Crippen molar-refractivity contribution in [1.82, 2.24) is 29.9 Å². The Labute approximate surface area is 109 Å². The summed E-state index contributed by atoms with van der Waals surface area (Å²) in [7, 11) is 0. The molecule has 1 saturated heterocycles. The molecule has 8 heteroatoms. The summed E-state index contributed by atoms with van der Waals surface area (Å²) >= 11 is 0. The van der Waals surface area contributed by atoms with Gasteiger partial charge in [0, 0.05) is 13.1 Å². The Morgan fingerprint density at radius 1 is 1.21 bits per heavy atom. The molecular formula is C11H12N6O2. The van der Waals surface area contributed by atoms with E-state index in [9.17, 15) is 4.79 Å². The van der Waals surface area contributed by atoms with Crippen molar-refractivity contribution in [2.45, 2.75) is 0 Å². The third-order valence-corrected chi connectivity index (χ3v) is 2.82. The molecule has 1 aliphatic rings. The van der Waals surface area contributed by atoms with Crippen LogP contribution in [0, 0.1) is 0 Å².